The molecule has 5 fully saturated rings. The number of rotatable bonds is 4. The van der Waals surface area contributed by atoms with Gasteiger partial charge in [0.15, 0.2) is 5.82 Å². The number of carbonyl (C=O) groups is 1. The summed E-state index contributed by atoms with van der Waals surface area (Å²) < 4.78 is 1.89. The number of fused-ring (bicyclic) bond motifs is 1. The number of nitrogens with one attached hydrogen (secondary N) is 4. The number of H-pyrrole nitrogens is 1. The van der Waals surface area contributed by atoms with Gasteiger partial charge in [-0.2, -0.15) is 10.2 Å². The van der Waals surface area contributed by atoms with Crippen molar-refractivity contribution in [1.82, 2.24) is 35.4 Å². The molecule has 3 aromatic heterocycles. The van der Waals surface area contributed by atoms with Gasteiger partial charge in [-0.05, 0) is 57.2 Å². The van der Waals surface area contributed by atoms with Gasteiger partial charge in [-0.3, -0.25) is 5.10 Å². The van der Waals surface area contributed by atoms with E-state index in [1.807, 2.05) is 22.8 Å². The van der Waals surface area contributed by atoms with E-state index in [0.29, 0.717) is 5.92 Å². The van der Waals surface area contributed by atoms with Crippen molar-refractivity contribution in [3.05, 3.63) is 36.4 Å². The van der Waals surface area contributed by atoms with Gasteiger partial charge in [-0.25, -0.2) is 14.3 Å². The predicted octanol–water partition coefficient (Wildman–Crippen LogP) is 4.42. The molecule has 4 saturated carbocycles. The van der Waals surface area contributed by atoms with Crippen LogP contribution in [0.25, 0.3) is 5.52 Å². The Morgan fingerprint density at radius 2 is 1.77 bits per heavy atom. The molecule has 0 spiro atoms. The molecule has 10 nitrogen and oxygen atoms in total. The molecule has 4 heterocycles. The standard InChI is InChI=1S/C14H17N7.C6H9NO2.C5H10/c1-5-15-6-2-10(1)11-9-21-12(3-8-17-21)14(18-11)19-13-4-7-16-20-13;8-5(9)7-6-1-4(2-6)3-6;1-2-4-5-3-1/h3-4,7-10,15H,1-2,5-6H2,(H2,16,18,19,20);4,7H,1-3H2,(H,8,9);1-5H2. The smallest absolute Gasteiger partial charge is 0.405 e. The molecule has 35 heavy (non-hydrogen) atoms. The molecule has 1 aliphatic heterocycles. The summed E-state index contributed by atoms with van der Waals surface area (Å²) in [6.07, 6.45) is 17.7. The zero-order chi connectivity index (χ0) is 24.1. The second-order valence-corrected chi connectivity index (χ2v) is 10.3. The molecule has 0 atom stereocenters. The van der Waals surface area contributed by atoms with Crippen molar-refractivity contribution < 1.29 is 9.90 Å². The molecular formula is C25H36N8O2. The van der Waals surface area contributed by atoms with Gasteiger partial charge in [0.1, 0.15) is 11.3 Å². The van der Waals surface area contributed by atoms with E-state index in [1.54, 1.807) is 12.4 Å². The maximum Gasteiger partial charge on any atom is 0.405 e. The summed E-state index contributed by atoms with van der Waals surface area (Å²) in [5.41, 5.74) is 2.09. The lowest BCUT2D eigenvalue weighted by Crippen LogP contribution is -2.67. The highest BCUT2D eigenvalue weighted by Gasteiger charge is 2.57. The molecule has 5 aliphatic rings. The normalized spacial score (nSPS) is 24.7. The quantitative estimate of drug-likeness (QED) is 0.373. The van der Waals surface area contributed by atoms with Crippen molar-refractivity contribution >= 4 is 23.2 Å². The summed E-state index contributed by atoms with van der Waals surface area (Å²) in [4.78, 5) is 14.9. The van der Waals surface area contributed by atoms with E-state index in [-0.39, 0.29) is 5.54 Å². The third-order valence-electron chi connectivity index (χ3n) is 7.58. The lowest BCUT2D eigenvalue weighted by atomic mass is 9.50. The Balaban J connectivity index is 0.000000147. The Bertz CT molecular complexity index is 1080. The second kappa shape index (κ2) is 10.6. The number of anilines is 2. The molecule has 1 saturated heterocycles. The number of aromatic nitrogens is 5. The molecule has 2 bridgehead atoms. The summed E-state index contributed by atoms with van der Waals surface area (Å²) in [7, 11) is 0. The highest BCUT2D eigenvalue weighted by Crippen LogP contribution is 2.56. The molecular weight excluding hydrogens is 444 g/mol. The number of aromatic amines is 1. The first-order valence-corrected chi connectivity index (χ1v) is 12.9. The minimum absolute atomic E-state index is 0.0382. The third kappa shape index (κ3) is 5.75. The monoisotopic (exact) mass is 480 g/mol. The third-order valence-corrected chi connectivity index (χ3v) is 7.58. The van der Waals surface area contributed by atoms with Crippen LogP contribution < -0.4 is 16.0 Å². The van der Waals surface area contributed by atoms with Crippen molar-refractivity contribution in [3.63, 3.8) is 0 Å². The Labute approximate surface area is 205 Å². The Kier molecular flexibility index (Phi) is 7.17. The van der Waals surface area contributed by atoms with Gasteiger partial charge in [0, 0.05) is 17.5 Å². The van der Waals surface area contributed by atoms with E-state index in [2.05, 4.69) is 31.2 Å². The summed E-state index contributed by atoms with van der Waals surface area (Å²) in [5, 5.41) is 28.8. The first kappa shape index (κ1) is 23.6. The van der Waals surface area contributed by atoms with Crippen LogP contribution in [0.4, 0.5) is 16.4 Å². The highest BCUT2D eigenvalue weighted by atomic mass is 16.4. The average Bonchev–Trinajstić information content (AvgIpc) is 3.61. The number of hydrogen-bond acceptors (Lipinski definition) is 6. The molecule has 188 valence electrons. The van der Waals surface area contributed by atoms with Crippen molar-refractivity contribution in [2.24, 2.45) is 5.92 Å². The molecule has 0 radical (unpaired) electrons. The van der Waals surface area contributed by atoms with E-state index < -0.39 is 6.09 Å². The number of hydrogen-bond donors (Lipinski definition) is 5. The fourth-order valence-electron chi connectivity index (χ4n) is 5.55. The van der Waals surface area contributed by atoms with E-state index in [9.17, 15) is 4.79 Å². The van der Waals surface area contributed by atoms with Gasteiger partial charge in [0.25, 0.3) is 0 Å². The Morgan fingerprint density at radius 1 is 1.06 bits per heavy atom. The summed E-state index contributed by atoms with van der Waals surface area (Å²) in [6.45, 7) is 2.10. The zero-order valence-corrected chi connectivity index (χ0v) is 20.2. The van der Waals surface area contributed by atoms with Crippen LogP contribution in [0.2, 0.25) is 0 Å². The lowest BCUT2D eigenvalue weighted by Gasteiger charge is -2.61. The van der Waals surface area contributed by atoms with Crippen molar-refractivity contribution in [1.29, 1.82) is 0 Å². The van der Waals surface area contributed by atoms with Crippen LogP contribution in [-0.4, -0.2) is 54.6 Å². The zero-order valence-electron chi connectivity index (χ0n) is 20.2. The molecule has 0 unspecified atom stereocenters. The fraction of sp³-hybridized carbons (Fsp3) is 0.600. The van der Waals surface area contributed by atoms with Crippen molar-refractivity contribution in [2.45, 2.75) is 75.7 Å². The van der Waals surface area contributed by atoms with Gasteiger partial charge >= 0.3 is 6.09 Å². The van der Waals surface area contributed by atoms with Crippen LogP contribution in [0.15, 0.2) is 30.7 Å². The SMILES string of the molecule is C1CCCC1.O=C(O)NC12CC(C1)C2.c1cc(Nc2nc(C3CCNCC3)cn3nccc23)[nH]n1. The first-order valence-electron chi connectivity index (χ1n) is 12.9. The number of piperidine rings is 1. The number of nitrogens with zero attached hydrogens (tertiary/aromatic N) is 4. The topological polar surface area (TPSA) is 132 Å². The van der Waals surface area contributed by atoms with Gasteiger partial charge in [0.2, 0.25) is 0 Å². The fourth-order valence-corrected chi connectivity index (χ4v) is 5.55. The van der Waals surface area contributed by atoms with Crippen LogP contribution in [0, 0.1) is 5.92 Å². The van der Waals surface area contributed by atoms with Gasteiger partial charge in [0.05, 0.1) is 24.3 Å². The molecule has 8 rings (SSSR count). The van der Waals surface area contributed by atoms with Gasteiger partial charge in [-0.1, -0.05) is 32.1 Å². The second-order valence-electron chi connectivity index (χ2n) is 10.3. The first-order chi connectivity index (χ1) is 17.1. The molecule has 1 amide bonds. The number of carboxylic acid groups (broad SMARTS) is 1. The van der Waals surface area contributed by atoms with Crippen molar-refractivity contribution in [2.75, 3.05) is 18.4 Å². The summed E-state index contributed by atoms with van der Waals surface area (Å²) in [5.74, 6) is 2.97. The van der Waals surface area contributed by atoms with Crippen LogP contribution in [-0.2, 0) is 0 Å². The Morgan fingerprint density at radius 3 is 2.31 bits per heavy atom. The van der Waals surface area contributed by atoms with E-state index in [4.69, 9.17) is 10.1 Å². The largest absolute Gasteiger partial charge is 0.465 e. The molecule has 4 aliphatic carbocycles. The molecule has 0 aromatic carbocycles. The maximum atomic E-state index is 10.1. The lowest BCUT2D eigenvalue weighted by molar-refractivity contribution is -0.0448. The van der Waals surface area contributed by atoms with Crippen LogP contribution in [0.1, 0.15) is 75.8 Å². The van der Waals surface area contributed by atoms with Crippen molar-refractivity contribution in [3.8, 4) is 0 Å². The predicted molar refractivity (Wildman–Crippen MR) is 134 cm³/mol. The maximum absolute atomic E-state index is 10.1. The van der Waals surface area contributed by atoms with Crippen LogP contribution in [0.3, 0.4) is 0 Å². The van der Waals surface area contributed by atoms with E-state index in [0.717, 1.165) is 74.0 Å². The molecule has 5 N–H and O–H groups in total. The summed E-state index contributed by atoms with van der Waals surface area (Å²) in [6, 6.07) is 3.84. The minimum atomic E-state index is -0.867. The minimum Gasteiger partial charge on any atom is -0.465 e. The van der Waals surface area contributed by atoms with Gasteiger partial charge in [-0.15, -0.1) is 0 Å². The molecule has 3 aromatic rings. The highest BCUT2D eigenvalue weighted by molar-refractivity contribution is 5.71. The average molecular weight is 481 g/mol. The van der Waals surface area contributed by atoms with Gasteiger partial charge < -0.3 is 21.1 Å². The van der Waals surface area contributed by atoms with Crippen LogP contribution >= 0.6 is 0 Å². The van der Waals surface area contributed by atoms with Crippen LogP contribution in [0.5, 0.6) is 0 Å². The van der Waals surface area contributed by atoms with E-state index in [1.165, 1.54) is 32.1 Å². The summed E-state index contributed by atoms with van der Waals surface area (Å²) >= 11 is 0. The molecule has 10 heteroatoms. The number of amides is 1. The van der Waals surface area contributed by atoms with E-state index >= 15 is 0 Å². The Hall–Kier alpha value is -3.14.